The third-order valence-electron chi connectivity index (χ3n) is 5.42. The topological polar surface area (TPSA) is 95.6 Å². The van der Waals surface area contributed by atoms with E-state index in [0.717, 1.165) is 24.0 Å². The van der Waals surface area contributed by atoms with Crippen molar-refractivity contribution in [3.05, 3.63) is 82.8 Å². The molecule has 1 fully saturated rings. The molecule has 33 heavy (non-hydrogen) atoms. The van der Waals surface area contributed by atoms with Crippen LogP contribution < -0.4 is 10.0 Å². The van der Waals surface area contributed by atoms with Gasteiger partial charge in [0.1, 0.15) is 0 Å². The summed E-state index contributed by atoms with van der Waals surface area (Å²) in [5.74, 6) is -2.42. The average Bonchev–Trinajstić information content (AvgIpc) is 3.27. The number of carbonyl (C=O) groups excluding carboxylic acids is 2. The summed E-state index contributed by atoms with van der Waals surface area (Å²) < 4.78 is 51.8. The third-order valence-corrected chi connectivity index (χ3v) is 6.42. The molecule has 0 aromatic heterocycles. The van der Waals surface area contributed by atoms with Crippen molar-refractivity contribution in [2.45, 2.75) is 31.8 Å². The van der Waals surface area contributed by atoms with Gasteiger partial charge in [-0.3, -0.25) is 9.59 Å². The van der Waals surface area contributed by atoms with Gasteiger partial charge >= 0.3 is 0 Å². The van der Waals surface area contributed by atoms with Gasteiger partial charge in [-0.05, 0) is 48.2 Å². The molecule has 0 aliphatic carbocycles. The van der Waals surface area contributed by atoms with E-state index in [0.29, 0.717) is 29.7 Å². The van der Waals surface area contributed by atoms with Crippen LogP contribution in [-0.2, 0) is 27.8 Å². The molecule has 2 N–H and O–H groups in total. The second kappa shape index (κ2) is 10.7. The number of rotatable bonds is 9. The van der Waals surface area contributed by atoms with Gasteiger partial charge in [-0.15, -0.1) is 0 Å². The van der Waals surface area contributed by atoms with Crippen LogP contribution in [0, 0.1) is 11.6 Å². The molecular formula is C23H25F2N3O4S. The van der Waals surface area contributed by atoms with Crippen molar-refractivity contribution in [1.29, 1.82) is 0 Å². The molecule has 2 aromatic carbocycles. The van der Waals surface area contributed by atoms with Crippen LogP contribution in [0.15, 0.2) is 54.5 Å². The van der Waals surface area contributed by atoms with Crippen LogP contribution in [0.2, 0.25) is 0 Å². The van der Waals surface area contributed by atoms with Gasteiger partial charge in [-0.1, -0.05) is 24.8 Å². The predicted octanol–water partition coefficient (Wildman–Crippen LogP) is 2.49. The molecular weight excluding hydrogens is 452 g/mol. The number of likely N-dealkylation sites (tertiary alicyclic amines) is 1. The fourth-order valence-corrected chi connectivity index (χ4v) is 4.16. The lowest BCUT2D eigenvalue weighted by Crippen LogP contribution is -2.42. The van der Waals surface area contributed by atoms with Crippen LogP contribution >= 0.6 is 0 Å². The van der Waals surface area contributed by atoms with E-state index in [9.17, 15) is 26.8 Å². The number of hydrogen-bond acceptors (Lipinski definition) is 4. The summed E-state index contributed by atoms with van der Waals surface area (Å²) in [7, 11) is -3.56. The van der Waals surface area contributed by atoms with Crippen LogP contribution in [0.1, 0.15) is 34.3 Å². The fraction of sp³-hybridized carbons (Fsp3) is 0.304. The zero-order valence-corrected chi connectivity index (χ0v) is 18.7. The Bertz CT molecular complexity index is 1140. The van der Waals surface area contributed by atoms with Crippen molar-refractivity contribution in [1.82, 2.24) is 14.9 Å². The van der Waals surface area contributed by atoms with Crippen molar-refractivity contribution in [3.8, 4) is 0 Å². The summed E-state index contributed by atoms with van der Waals surface area (Å²) in [6, 6.07) is 9.80. The summed E-state index contributed by atoms with van der Waals surface area (Å²) in [6.07, 6.45) is 1.54. The van der Waals surface area contributed by atoms with Gasteiger partial charge in [0.05, 0.1) is 6.42 Å². The Labute approximate surface area is 191 Å². The highest BCUT2D eigenvalue weighted by atomic mass is 32.2. The van der Waals surface area contributed by atoms with Crippen LogP contribution in [0.25, 0.3) is 0 Å². The van der Waals surface area contributed by atoms with Crippen molar-refractivity contribution >= 4 is 21.8 Å². The summed E-state index contributed by atoms with van der Waals surface area (Å²) in [5, 5.41) is 3.48. The molecule has 1 saturated heterocycles. The Morgan fingerprint density at radius 3 is 2.45 bits per heavy atom. The molecule has 176 valence electrons. The van der Waals surface area contributed by atoms with Crippen molar-refractivity contribution in [3.63, 3.8) is 0 Å². The Morgan fingerprint density at radius 1 is 1.09 bits per heavy atom. The minimum absolute atomic E-state index is 0.0633. The second-order valence-corrected chi connectivity index (χ2v) is 9.47. The third kappa shape index (κ3) is 6.69. The smallest absolute Gasteiger partial charge is 0.254 e. The number of sulfonamides is 1. The lowest BCUT2D eigenvalue weighted by Gasteiger charge is -2.25. The minimum Gasteiger partial charge on any atom is -0.352 e. The van der Waals surface area contributed by atoms with E-state index in [1.807, 2.05) is 0 Å². The lowest BCUT2D eigenvalue weighted by atomic mass is 10.1. The van der Waals surface area contributed by atoms with Gasteiger partial charge in [-0.2, -0.15) is 0 Å². The number of hydrogen-bond donors (Lipinski definition) is 2. The van der Waals surface area contributed by atoms with Crippen LogP contribution in [0.5, 0.6) is 0 Å². The van der Waals surface area contributed by atoms with E-state index >= 15 is 0 Å². The second-order valence-electron chi connectivity index (χ2n) is 7.75. The van der Waals surface area contributed by atoms with Crippen molar-refractivity contribution in [2.75, 3.05) is 13.1 Å². The molecule has 1 aliphatic heterocycles. The lowest BCUT2D eigenvalue weighted by molar-refractivity contribution is -0.120. The molecule has 1 atom stereocenters. The summed E-state index contributed by atoms with van der Waals surface area (Å²) >= 11 is 0. The molecule has 10 heteroatoms. The van der Waals surface area contributed by atoms with E-state index < -0.39 is 21.7 Å². The van der Waals surface area contributed by atoms with Gasteiger partial charge in [0.2, 0.25) is 15.9 Å². The fourth-order valence-electron chi connectivity index (χ4n) is 3.62. The zero-order valence-electron chi connectivity index (χ0n) is 17.9. The predicted molar refractivity (Wildman–Crippen MR) is 120 cm³/mol. The van der Waals surface area contributed by atoms with E-state index in [2.05, 4.69) is 16.6 Å². The molecule has 0 unspecified atom stereocenters. The number of benzene rings is 2. The number of nitrogens with zero attached hydrogens (tertiary/aromatic N) is 1. The molecule has 0 bridgehead atoms. The zero-order chi connectivity index (χ0) is 24.0. The number of halogens is 2. The molecule has 0 radical (unpaired) electrons. The molecule has 0 spiro atoms. The number of nitrogens with one attached hydrogen (secondary N) is 2. The van der Waals surface area contributed by atoms with Crippen LogP contribution in [0.3, 0.4) is 0 Å². The van der Waals surface area contributed by atoms with Gasteiger partial charge in [0.15, 0.2) is 11.6 Å². The maximum absolute atomic E-state index is 13.2. The first-order chi connectivity index (χ1) is 15.7. The molecule has 2 aromatic rings. The molecule has 2 amide bonds. The minimum atomic E-state index is -3.56. The highest BCUT2D eigenvalue weighted by Crippen LogP contribution is 2.20. The standard InChI is InChI=1S/C23H25F2N3O4S/c1-2-33(31,32)27-15-19-4-3-11-28(19)23(30)18-8-5-16(6-9-18)13-22(29)26-14-17-7-10-20(24)21(25)12-17/h2,5-10,12,19,27H,1,3-4,11,13-15H2,(H,26,29)/t19-/m0/s1. The maximum Gasteiger partial charge on any atom is 0.254 e. The van der Waals surface area contributed by atoms with Gasteiger partial charge in [0.25, 0.3) is 5.91 Å². The first-order valence-electron chi connectivity index (χ1n) is 10.4. The normalized spacial score (nSPS) is 15.9. The SMILES string of the molecule is C=CS(=O)(=O)NC[C@@H]1CCCN1C(=O)c1ccc(CC(=O)NCc2ccc(F)c(F)c2)cc1. The van der Waals surface area contributed by atoms with E-state index in [4.69, 9.17) is 0 Å². The van der Waals surface area contributed by atoms with Crippen LogP contribution in [0.4, 0.5) is 8.78 Å². The van der Waals surface area contributed by atoms with Crippen LogP contribution in [-0.4, -0.2) is 44.3 Å². The number of amides is 2. The highest BCUT2D eigenvalue weighted by Gasteiger charge is 2.30. The molecule has 1 aliphatic rings. The van der Waals surface area contributed by atoms with Crippen molar-refractivity contribution < 1.29 is 26.8 Å². The largest absolute Gasteiger partial charge is 0.352 e. The Morgan fingerprint density at radius 2 is 1.79 bits per heavy atom. The quantitative estimate of drug-likeness (QED) is 0.580. The summed E-state index contributed by atoms with van der Waals surface area (Å²) in [4.78, 5) is 26.7. The monoisotopic (exact) mass is 477 g/mol. The molecule has 7 nitrogen and oxygen atoms in total. The van der Waals surface area contributed by atoms with E-state index in [1.54, 1.807) is 29.2 Å². The van der Waals surface area contributed by atoms with E-state index in [1.165, 1.54) is 6.07 Å². The van der Waals surface area contributed by atoms with Gasteiger partial charge in [-0.25, -0.2) is 21.9 Å². The molecule has 0 saturated carbocycles. The first-order valence-corrected chi connectivity index (χ1v) is 12.0. The summed E-state index contributed by atoms with van der Waals surface area (Å²) in [5.41, 5.74) is 1.57. The Balaban J connectivity index is 1.54. The van der Waals surface area contributed by atoms with E-state index in [-0.39, 0.29) is 37.4 Å². The van der Waals surface area contributed by atoms with Crippen molar-refractivity contribution in [2.24, 2.45) is 0 Å². The Kier molecular flexibility index (Phi) is 7.93. The highest BCUT2D eigenvalue weighted by molar-refractivity contribution is 7.92. The average molecular weight is 478 g/mol. The summed E-state index contributed by atoms with van der Waals surface area (Å²) in [6.45, 7) is 3.98. The first kappa shape index (κ1) is 24.5. The molecule has 1 heterocycles. The van der Waals surface area contributed by atoms with Gasteiger partial charge < -0.3 is 10.2 Å². The Hall–Kier alpha value is -3.11. The number of carbonyl (C=O) groups is 2. The van der Waals surface area contributed by atoms with Gasteiger partial charge in [0, 0.05) is 36.6 Å². The maximum atomic E-state index is 13.2. The molecule has 3 rings (SSSR count).